The molecule has 1 aromatic heterocycles. The van der Waals surface area contributed by atoms with Gasteiger partial charge >= 0.3 is 0 Å². The topological polar surface area (TPSA) is 63.2 Å². The van der Waals surface area contributed by atoms with Crippen molar-refractivity contribution < 1.29 is 9.59 Å². The van der Waals surface area contributed by atoms with E-state index in [9.17, 15) is 9.59 Å². The molecule has 1 amide bonds. The second-order valence-corrected chi connectivity index (χ2v) is 5.39. The Morgan fingerprint density at radius 3 is 2.50 bits per heavy atom. The quantitative estimate of drug-likeness (QED) is 0.814. The second-order valence-electron chi connectivity index (χ2n) is 5.39. The van der Waals surface area contributed by atoms with Crippen LogP contribution >= 0.6 is 0 Å². The molecule has 1 aliphatic heterocycles. The fraction of sp³-hybridized carbons (Fsp3) is 0.294. The number of aromatic nitrogens is 2. The Kier molecular flexibility index (Phi) is 4.23. The molecule has 2 heterocycles. The van der Waals surface area contributed by atoms with Crippen LogP contribution in [0.2, 0.25) is 0 Å². The Morgan fingerprint density at radius 2 is 1.77 bits per heavy atom. The van der Waals surface area contributed by atoms with Crippen molar-refractivity contribution >= 4 is 11.7 Å². The number of hydrogen-bond acceptors (Lipinski definition) is 4. The molecule has 1 aliphatic rings. The summed E-state index contributed by atoms with van der Waals surface area (Å²) in [4.78, 5) is 34.7. The molecule has 5 nitrogen and oxygen atoms in total. The molecule has 2 aromatic rings. The standard InChI is InChI=1S/C17H17N3O2/c21-15(16-18-9-5-10-19-16)14-8-4-11-20(12-14)17(22)13-6-2-1-3-7-13/h1-3,5-7,9-10,14H,4,8,11-12H2. The summed E-state index contributed by atoms with van der Waals surface area (Å²) in [7, 11) is 0. The molecule has 1 aromatic carbocycles. The van der Waals surface area contributed by atoms with E-state index in [0.717, 1.165) is 12.8 Å². The van der Waals surface area contributed by atoms with Crippen molar-refractivity contribution in [2.75, 3.05) is 13.1 Å². The van der Waals surface area contributed by atoms with Gasteiger partial charge in [0.1, 0.15) is 0 Å². The number of likely N-dealkylation sites (tertiary alicyclic amines) is 1. The smallest absolute Gasteiger partial charge is 0.253 e. The van der Waals surface area contributed by atoms with E-state index in [1.54, 1.807) is 35.5 Å². The number of Topliss-reactive ketones (excluding diaryl/α,β-unsaturated/α-hetero) is 1. The first-order valence-electron chi connectivity index (χ1n) is 7.41. The summed E-state index contributed by atoms with van der Waals surface area (Å²) in [6, 6.07) is 10.9. The summed E-state index contributed by atoms with van der Waals surface area (Å²) >= 11 is 0. The lowest BCUT2D eigenvalue weighted by Gasteiger charge is -2.31. The van der Waals surface area contributed by atoms with Crippen LogP contribution in [0.25, 0.3) is 0 Å². The molecule has 0 saturated carbocycles. The number of amides is 1. The van der Waals surface area contributed by atoms with Gasteiger partial charge in [-0.15, -0.1) is 0 Å². The highest BCUT2D eigenvalue weighted by Crippen LogP contribution is 2.21. The summed E-state index contributed by atoms with van der Waals surface area (Å²) in [5, 5.41) is 0. The zero-order valence-electron chi connectivity index (χ0n) is 12.2. The van der Waals surface area contributed by atoms with Gasteiger partial charge in [0.15, 0.2) is 5.82 Å². The maximum absolute atomic E-state index is 12.5. The van der Waals surface area contributed by atoms with Crippen LogP contribution in [0.5, 0.6) is 0 Å². The molecule has 1 unspecified atom stereocenters. The minimum absolute atomic E-state index is 0.0212. The fourth-order valence-corrected chi connectivity index (χ4v) is 2.75. The number of ketones is 1. The molecular formula is C17H17N3O2. The highest BCUT2D eigenvalue weighted by atomic mass is 16.2. The van der Waals surface area contributed by atoms with Gasteiger partial charge in [-0.1, -0.05) is 18.2 Å². The zero-order valence-corrected chi connectivity index (χ0v) is 12.2. The van der Waals surface area contributed by atoms with Gasteiger partial charge in [0, 0.05) is 37.0 Å². The Hall–Kier alpha value is -2.56. The SMILES string of the molecule is O=C(c1ncccn1)C1CCCN(C(=O)c2ccccc2)C1. The van der Waals surface area contributed by atoms with E-state index in [0.29, 0.717) is 18.7 Å². The molecule has 5 heteroatoms. The van der Waals surface area contributed by atoms with Crippen LogP contribution in [0.4, 0.5) is 0 Å². The molecule has 1 atom stereocenters. The van der Waals surface area contributed by atoms with Crippen molar-refractivity contribution in [1.29, 1.82) is 0 Å². The Bertz CT molecular complexity index is 601. The van der Waals surface area contributed by atoms with Crippen LogP contribution in [0.3, 0.4) is 0 Å². The summed E-state index contributed by atoms with van der Waals surface area (Å²) in [5.74, 6) is -0.0800. The molecule has 0 radical (unpaired) electrons. The van der Waals surface area contributed by atoms with Crippen molar-refractivity contribution in [2.45, 2.75) is 12.8 Å². The minimum atomic E-state index is -0.219. The average Bonchev–Trinajstić information content (AvgIpc) is 2.62. The third kappa shape index (κ3) is 3.03. The molecule has 0 bridgehead atoms. The summed E-state index contributed by atoms with van der Waals surface area (Å²) < 4.78 is 0. The molecule has 112 valence electrons. The maximum Gasteiger partial charge on any atom is 0.253 e. The van der Waals surface area contributed by atoms with Gasteiger partial charge in [-0.2, -0.15) is 0 Å². The lowest BCUT2D eigenvalue weighted by atomic mass is 9.93. The third-order valence-corrected chi connectivity index (χ3v) is 3.89. The van der Waals surface area contributed by atoms with Crippen LogP contribution in [-0.2, 0) is 0 Å². The minimum Gasteiger partial charge on any atom is -0.338 e. The number of carbonyl (C=O) groups excluding carboxylic acids is 2. The van der Waals surface area contributed by atoms with Crippen molar-refractivity contribution in [1.82, 2.24) is 14.9 Å². The van der Waals surface area contributed by atoms with Gasteiger partial charge < -0.3 is 4.90 Å². The Balaban J connectivity index is 1.72. The van der Waals surface area contributed by atoms with Crippen molar-refractivity contribution in [3.63, 3.8) is 0 Å². The van der Waals surface area contributed by atoms with Gasteiger partial charge in [-0.3, -0.25) is 9.59 Å². The highest BCUT2D eigenvalue weighted by molar-refractivity contribution is 5.97. The van der Waals surface area contributed by atoms with E-state index in [1.165, 1.54) is 0 Å². The molecule has 1 fully saturated rings. The molecule has 0 aliphatic carbocycles. The van der Waals surface area contributed by atoms with E-state index < -0.39 is 0 Å². The molecule has 0 spiro atoms. The summed E-state index contributed by atoms with van der Waals surface area (Å²) in [6.07, 6.45) is 4.73. The zero-order chi connectivity index (χ0) is 15.4. The number of carbonyl (C=O) groups is 2. The molecular weight excluding hydrogens is 278 g/mol. The van der Waals surface area contributed by atoms with Gasteiger partial charge in [-0.05, 0) is 31.0 Å². The lowest BCUT2D eigenvalue weighted by molar-refractivity contribution is 0.0633. The van der Waals surface area contributed by atoms with Crippen molar-refractivity contribution in [2.24, 2.45) is 5.92 Å². The monoisotopic (exact) mass is 295 g/mol. The third-order valence-electron chi connectivity index (χ3n) is 3.89. The van der Waals surface area contributed by atoms with Crippen LogP contribution < -0.4 is 0 Å². The Morgan fingerprint density at radius 1 is 1.05 bits per heavy atom. The first-order valence-corrected chi connectivity index (χ1v) is 7.41. The van der Waals surface area contributed by atoms with E-state index >= 15 is 0 Å². The van der Waals surface area contributed by atoms with Gasteiger partial charge in [0.2, 0.25) is 5.78 Å². The summed E-state index contributed by atoms with van der Waals surface area (Å²) in [5.41, 5.74) is 0.659. The van der Waals surface area contributed by atoms with Crippen LogP contribution in [0, 0.1) is 5.92 Å². The molecule has 1 saturated heterocycles. The number of hydrogen-bond donors (Lipinski definition) is 0. The van der Waals surface area contributed by atoms with Crippen LogP contribution in [-0.4, -0.2) is 39.6 Å². The number of rotatable bonds is 3. The largest absolute Gasteiger partial charge is 0.338 e. The van der Waals surface area contributed by atoms with Crippen molar-refractivity contribution in [3.8, 4) is 0 Å². The molecule has 3 rings (SSSR count). The van der Waals surface area contributed by atoms with E-state index in [1.807, 2.05) is 18.2 Å². The maximum atomic E-state index is 12.5. The fourth-order valence-electron chi connectivity index (χ4n) is 2.75. The van der Waals surface area contributed by atoms with Gasteiger partial charge in [0.25, 0.3) is 5.91 Å². The predicted molar refractivity (Wildman–Crippen MR) is 81.4 cm³/mol. The Labute approximate surface area is 129 Å². The van der Waals surface area contributed by atoms with E-state index in [2.05, 4.69) is 9.97 Å². The number of benzene rings is 1. The van der Waals surface area contributed by atoms with Gasteiger partial charge in [0.05, 0.1) is 0 Å². The highest BCUT2D eigenvalue weighted by Gasteiger charge is 2.30. The normalized spacial score (nSPS) is 18.0. The predicted octanol–water partition coefficient (Wildman–Crippen LogP) is 2.21. The second kappa shape index (κ2) is 6.47. The lowest BCUT2D eigenvalue weighted by Crippen LogP contribution is -2.42. The van der Waals surface area contributed by atoms with E-state index in [4.69, 9.17) is 0 Å². The molecule has 22 heavy (non-hydrogen) atoms. The summed E-state index contributed by atoms with van der Waals surface area (Å²) in [6.45, 7) is 1.12. The number of nitrogens with zero attached hydrogens (tertiary/aromatic N) is 3. The van der Waals surface area contributed by atoms with Crippen LogP contribution in [0.1, 0.15) is 33.8 Å². The van der Waals surface area contributed by atoms with Crippen molar-refractivity contribution in [3.05, 3.63) is 60.2 Å². The number of piperidine rings is 1. The average molecular weight is 295 g/mol. The van der Waals surface area contributed by atoms with Crippen LogP contribution in [0.15, 0.2) is 48.8 Å². The van der Waals surface area contributed by atoms with E-state index in [-0.39, 0.29) is 23.4 Å². The molecule has 0 N–H and O–H groups in total. The first kappa shape index (κ1) is 14.4. The first-order chi connectivity index (χ1) is 10.8. The van der Waals surface area contributed by atoms with Gasteiger partial charge in [-0.25, -0.2) is 9.97 Å².